The van der Waals surface area contributed by atoms with Gasteiger partial charge in [0, 0.05) is 24.8 Å². The van der Waals surface area contributed by atoms with Gasteiger partial charge in [-0.1, -0.05) is 0 Å². The highest BCUT2D eigenvalue weighted by Gasteiger charge is 2.10. The number of benzene rings is 1. The van der Waals surface area contributed by atoms with E-state index >= 15 is 0 Å². The summed E-state index contributed by atoms with van der Waals surface area (Å²) in [5, 5.41) is 9.10. The molecule has 0 aliphatic rings. The standard InChI is InChI=1S/C12H20N2O2/c1-4-16-12-7-10(5-6-11(12)13)14(3)9(2)8-15/h5-7,9,15H,4,8,13H2,1-3H3. The zero-order valence-electron chi connectivity index (χ0n) is 10.1. The number of hydrogen-bond acceptors (Lipinski definition) is 4. The summed E-state index contributed by atoms with van der Waals surface area (Å²) in [5.41, 5.74) is 7.41. The molecule has 0 fully saturated rings. The number of nitrogens with zero attached hydrogens (tertiary/aromatic N) is 1. The molecule has 90 valence electrons. The Hall–Kier alpha value is -1.42. The van der Waals surface area contributed by atoms with Crippen LogP contribution < -0.4 is 15.4 Å². The third-order valence-electron chi connectivity index (χ3n) is 2.63. The van der Waals surface area contributed by atoms with Crippen molar-refractivity contribution in [3.05, 3.63) is 18.2 Å². The highest BCUT2D eigenvalue weighted by atomic mass is 16.5. The van der Waals surface area contributed by atoms with Gasteiger partial charge in [-0.05, 0) is 26.0 Å². The average molecular weight is 224 g/mol. The molecule has 3 N–H and O–H groups in total. The van der Waals surface area contributed by atoms with E-state index in [2.05, 4.69) is 0 Å². The minimum absolute atomic E-state index is 0.0677. The molecule has 1 aromatic carbocycles. The molecule has 4 heteroatoms. The molecule has 16 heavy (non-hydrogen) atoms. The van der Waals surface area contributed by atoms with Gasteiger partial charge in [0.1, 0.15) is 5.75 Å². The Morgan fingerprint density at radius 2 is 2.19 bits per heavy atom. The quantitative estimate of drug-likeness (QED) is 0.744. The monoisotopic (exact) mass is 224 g/mol. The fraction of sp³-hybridized carbons (Fsp3) is 0.500. The predicted octanol–water partition coefficient (Wildman–Crippen LogP) is 1.48. The van der Waals surface area contributed by atoms with Crippen LogP contribution in [-0.2, 0) is 0 Å². The summed E-state index contributed by atoms with van der Waals surface area (Å²) in [7, 11) is 1.93. The SMILES string of the molecule is CCOc1cc(N(C)C(C)CO)ccc1N. The molecule has 1 unspecified atom stereocenters. The van der Waals surface area contributed by atoms with Crippen LogP contribution in [0.4, 0.5) is 11.4 Å². The van der Waals surface area contributed by atoms with E-state index in [-0.39, 0.29) is 12.6 Å². The Morgan fingerprint density at radius 3 is 2.75 bits per heavy atom. The Morgan fingerprint density at radius 1 is 1.50 bits per heavy atom. The molecule has 0 saturated heterocycles. The van der Waals surface area contributed by atoms with Gasteiger partial charge in [-0.15, -0.1) is 0 Å². The lowest BCUT2D eigenvalue weighted by Gasteiger charge is -2.26. The Kier molecular flexibility index (Phi) is 4.43. The number of likely N-dealkylation sites (N-methyl/N-ethyl adjacent to an activating group) is 1. The van der Waals surface area contributed by atoms with Crippen molar-refractivity contribution in [2.45, 2.75) is 19.9 Å². The number of hydrogen-bond donors (Lipinski definition) is 2. The van der Waals surface area contributed by atoms with Gasteiger partial charge in [-0.25, -0.2) is 0 Å². The number of aliphatic hydroxyl groups excluding tert-OH is 1. The maximum absolute atomic E-state index is 9.10. The van der Waals surface area contributed by atoms with Gasteiger partial charge < -0.3 is 20.5 Å². The normalized spacial score (nSPS) is 12.2. The summed E-state index contributed by atoms with van der Waals surface area (Å²) < 4.78 is 5.43. The van der Waals surface area contributed by atoms with Crippen molar-refractivity contribution in [1.82, 2.24) is 0 Å². The Balaban J connectivity index is 2.93. The van der Waals surface area contributed by atoms with Crippen LogP contribution in [0, 0.1) is 0 Å². The summed E-state index contributed by atoms with van der Waals surface area (Å²) in [6.07, 6.45) is 0. The van der Waals surface area contributed by atoms with E-state index in [1.807, 2.05) is 44.0 Å². The maximum atomic E-state index is 9.10. The zero-order chi connectivity index (χ0) is 12.1. The number of aliphatic hydroxyl groups is 1. The van der Waals surface area contributed by atoms with Crippen LogP contribution >= 0.6 is 0 Å². The summed E-state index contributed by atoms with van der Waals surface area (Å²) in [6, 6.07) is 5.70. The zero-order valence-corrected chi connectivity index (χ0v) is 10.1. The second-order valence-electron chi connectivity index (χ2n) is 3.80. The van der Waals surface area contributed by atoms with Gasteiger partial charge in [0.15, 0.2) is 0 Å². The molecule has 1 atom stereocenters. The fourth-order valence-corrected chi connectivity index (χ4v) is 1.40. The molecule has 0 amide bonds. The third-order valence-corrected chi connectivity index (χ3v) is 2.63. The smallest absolute Gasteiger partial charge is 0.144 e. The number of nitrogen functional groups attached to an aromatic ring is 1. The van der Waals surface area contributed by atoms with Gasteiger partial charge in [-0.3, -0.25) is 0 Å². The summed E-state index contributed by atoms with van der Waals surface area (Å²) in [4.78, 5) is 1.99. The Labute approximate surface area is 96.6 Å². The minimum atomic E-state index is 0.0677. The van der Waals surface area contributed by atoms with E-state index in [1.54, 1.807) is 0 Å². The van der Waals surface area contributed by atoms with Crippen molar-refractivity contribution in [2.24, 2.45) is 0 Å². The van der Waals surface area contributed by atoms with Crippen LogP contribution in [0.1, 0.15) is 13.8 Å². The summed E-state index contributed by atoms with van der Waals surface area (Å²) >= 11 is 0. The Bertz CT molecular complexity index is 342. The van der Waals surface area contributed by atoms with E-state index in [4.69, 9.17) is 15.6 Å². The lowest BCUT2D eigenvalue weighted by atomic mass is 10.2. The second-order valence-corrected chi connectivity index (χ2v) is 3.80. The largest absolute Gasteiger partial charge is 0.492 e. The maximum Gasteiger partial charge on any atom is 0.144 e. The molecule has 1 rings (SSSR count). The fourth-order valence-electron chi connectivity index (χ4n) is 1.40. The number of rotatable bonds is 5. The van der Waals surface area contributed by atoms with Crippen LogP contribution in [0.5, 0.6) is 5.75 Å². The first-order valence-electron chi connectivity index (χ1n) is 5.46. The summed E-state index contributed by atoms with van der Waals surface area (Å²) in [5.74, 6) is 0.692. The van der Waals surface area contributed by atoms with Crippen LogP contribution in [0.2, 0.25) is 0 Å². The third kappa shape index (κ3) is 2.79. The molecular formula is C12H20N2O2. The van der Waals surface area contributed by atoms with Crippen LogP contribution in [0.15, 0.2) is 18.2 Å². The predicted molar refractivity (Wildman–Crippen MR) is 67.0 cm³/mol. The minimum Gasteiger partial charge on any atom is -0.492 e. The number of nitrogens with two attached hydrogens (primary N) is 1. The van der Waals surface area contributed by atoms with E-state index in [1.165, 1.54) is 0 Å². The van der Waals surface area contributed by atoms with E-state index < -0.39 is 0 Å². The lowest BCUT2D eigenvalue weighted by Crippen LogP contribution is -2.31. The van der Waals surface area contributed by atoms with Gasteiger partial charge >= 0.3 is 0 Å². The van der Waals surface area contributed by atoms with Gasteiger partial charge in [0.05, 0.1) is 18.9 Å². The molecule has 1 aromatic rings. The van der Waals surface area contributed by atoms with Gasteiger partial charge in [-0.2, -0.15) is 0 Å². The van der Waals surface area contributed by atoms with Crippen LogP contribution in [0.25, 0.3) is 0 Å². The van der Waals surface area contributed by atoms with Crippen molar-refractivity contribution in [2.75, 3.05) is 30.9 Å². The van der Waals surface area contributed by atoms with E-state index in [0.717, 1.165) is 5.69 Å². The van der Waals surface area contributed by atoms with Gasteiger partial charge in [0.2, 0.25) is 0 Å². The molecule has 4 nitrogen and oxygen atoms in total. The van der Waals surface area contributed by atoms with Crippen molar-refractivity contribution in [3.8, 4) is 5.75 Å². The molecule has 0 saturated carbocycles. The second kappa shape index (κ2) is 5.61. The van der Waals surface area contributed by atoms with E-state index in [9.17, 15) is 0 Å². The highest BCUT2D eigenvalue weighted by molar-refractivity contribution is 5.62. The van der Waals surface area contributed by atoms with Crippen LogP contribution in [0.3, 0.4) is 0 Å². The van der Waals surface area contributed by atoms with Crippen molar-refractivity contribution < 1.29 is 9.84 Å². The molecule has 0 radical (unpaired) electrons. The molecule has 0 heterocycles. The number of anilines is 2. The first-order valence-corrected chi connectivity index (χ1v) is 5.46. The molecule has 0 bridgehead atoms. The van der Waals surface area contributed by atoms with Gasteiger partial charge in [0.25, 0.3) is 0 Å². The first-order chi connectivity index (χ1) is 7.60. The molecule has 0 aliphatic carbocycles. The van der Waals surface area contributed by atoms with Crippen molar-refractivity contribution >= 4 is 11.4 Å². The molecule has 0 aromatic heterocycles. The first kappa shape index (κ1) is 12.6. The van der Waals surface area contributed by atoms with Crippen molar-refractivity contribution in [1.29, 1.82) is 0 Å². The lowest BCUT2D eigenvalue weighted by molar-refractivity contribution is 0.270. The highest BCUT2D eigenvalue weighted by Crippen LogP contribution is 2.27. The summed E-state index contributed by atoms with van der Waals surface area (Å²) in [6.45, 7) is 4.58. The topological polar surface area (TPSA) is 58.7 Å². The van der Waals surface area contributed by atoms with Crippen LogP contribution in [-0.4, -0.2) is 31.4 Å². The van der Waals surface area contributed by atoms with E-state index in [0.29, 0.717) is 18.0 Å². The molecule has 0 aliphatic heterocycles. The number of ether oxygens (including phenoxy) is 1. The average Bonchev–Trinajstić information content (AvgIpc) is 2.30. The van der Waals surface area contributed by atoms with Crippen molar-refractivity contribution in [3.63, 3.8) is 0 Å². The molecular weight excluding hydrogens is 204 g/mol. The molecule has 0 spiro atoms.